The van der Waals surface area contributed by atoms with Gasteiger partial charge in [-0.15, -0.1) is 28.0 Å². The summed E-state index contributed by atoms with van der Waals surface area (Å²) in [5.41, 5.74) is 1.80. The summed E-state index contributed by atoms with van der Waals surface area (Å²) in [6, 6.07) is 4.22. The van der Waals surface area contributed by atoms with Crippen LogP contribution in [0.2, 0.25) is 0 Å². The van der Waals surface area contributed by atoms with E-state index in [-0.39, 0.29) is 36.7 Å². The smallest absolute Gasteiger partial charge is 0.262 e. The maximum Gasteiger partial charge on any atom is 0.262 e. The van der Waals surface area contributed by atoms with Gasteiger partial charge in [-0.1, -0.05) is 19.8 Å². The number of Topliss-reactive ketones (excluding diaryl/α,β-unsaturated/α-hetero) is 1. The Morgan fingerprint density at radius 1 is 1.32 bits per heavy atom. The Balaban J connectivity index is 1.35. The molecule has 1 N–H and O–H groups in total. The molecular weight excluding hydrogens is 476 g/mol. The number of alkyl halides is 1. The van der Waals surface area contributed by atoms with Crippen molar-refractivity contribution in [2.75, 3.05) is 13.2 Å². The van der Waals surface area contributed by atoms with Crippen LogP contribution < -0.4 is 5.32 Å². The third-order valence-corrected chi connectivity index (χ3v) is 8.52. The third-order valence-electron chi connectivity index (χ3n) is 7.03. The maximum absolute atomic E-state index is 13.7. The summed E-state index contributed by atoms with van der Waals surface area (Å²) in [4.78, 5) is 42.2. The number of aromatic nitrogens is 2. The normalized spacial score (nSPS) is 25.5. The number of thiophene rings is 1. The Bertz CT molecular complexity index is 1100. The van der Waals surface area contributed by atoms with Crippen molar-refractivity contribution in [3.8, 4) is 10.6 Å². The van der Waals surface area contributed by atoms with E-state index < -0.39 is 23.6 Å². The minimum Gasteiger partial charge on any atom is -0.366 e. The van der Waals surface area contributed by atoms with Gasteiger partial charge in [0.2, 0.25) is 5.91 Å². The number of amides is 2. The van der Waals surface area contributed by atoms with Crippen LogP contribution in [0.5, 0.6) is 0 Å². The van der Waals surface area contributed by atoms with Gasteiger partial charge >= 0.3 is 0 Å². The lowest BCUT2D eigenvalue weighted by molar-refractivity contribution is -0.139. The molecule has 2 aromatic rings. The molecule has 8 nitrogen and oxygen atoms in total. The molecule has 0 spiro atoms. The van der Waals surface area contributed by atoms with E-state index in [2.05, 4.69) is 22.4 Å². The summed E-state index contributed by atoms with van der Waals surface area (Å²) < 4.78 is 5.53. The second-order valence-corrected chi connectivity index (χ2v) is 10.8. The van der Waals surface area contributed by atoms with E-state index >= 15 is 0 Å². The molecule has 4 heterocycles. The highest BCUT2D eigenvalue weighted by Gasteiger charge is 2.53. The largest absolute Gasteiger partial charge is 0.366 e. The summed E-state index contributed by atoms with van der Waals surface area (Å²) in [5, 5.41) is 10.8. The van der Waals surface area contributed by atoms with Gasteiger partial charge in [-0.05, 0) is 48.9 Å². The molecular formula is C24H27ClN4O4S. The molecule has 1 aliphatic carbocycles. The molecule has 0 unspecified atom stereocenters. The topological polar surface area (TPSA) is 101 Å². The summed E-state index contributed by atoms with van der Waals surface area (Å²) in [6.07, 6.45) is 5.87. The van der Waals surface area contributed by atoms with Crippen LogP contribution in [0.15, 0.2) is 24.4 Å². The third kappa shape index (κ3) is 4.36. The van der Waals surface area contributed by atoms with Crippen LogP contribution in [0.25, 0.3) is 10.6 Å². The lowest BCUT2D eigenvalue weighted by Crippen LogP contribution is -2.54. The first-order chi connectivity index (χ1) is 16.5. The molecule has 34 heavy (non-hydrogen) atoms. The van der Waals surface area contributed by atoms with E-state index in [1.165, 1.54) is 16.2 Å². The van der Waals surface area contributed by atoms with E-state index in [1.807, 2.05) is 12.1 Å². The van der Waals surface area contributed by atoms with Crippen molar-refractivity contribution in [3.05, 3.63) is 34.8 Å². The lowest BCUT2D eigenvalue weighted by Gasteiger charge is -2.30. The van der Waals surface area contributed by atoms with Crippen LogP contribution in [0.3, 0.4) is 0 Å². The summed E-state index contributed by atoms with van der Waals surface area (Å²) in [5.74, 6) is -0.631. The Labute approximate surface area is 207 Å². The fourth-order valence-corrected chi connectivity index (χ4v) is 6.43. The monoisotopic (exact) mass is 502 g/mol. The quantitative estimate of drug-likeness (QED) is 0.609. The van der Waals surface area contributed by atoms with Gasteiger partial charge in [0, 0.05) is 6.54 Å². The second-order valence-electron chi connectivity index (χ2n) is 9.16. The average Bonchev–Trinajstić information content (AvgIpc) is 3.64. The van der Waals surface area contributed by atoms with Gasteiger partial charge in [-0.3, -0.25) is 14.4 Å². The van der Waals surface area contributed by atoms with Crippen molar-refractivity contribution in [2.24, 2.45) is 5.92 Å². The van der Waals surface area contributed by atoms with Gasteiger partial charge in [0.05, 0.1) is 21.3 Å². The zero-order valence-electron chi connectivity index (χ0n) is 18.9. The van der Waals surface area contributed by atoms with E-state index in [0.29, 0.717) is 4.88 Å². The van der Waals surface area contributed by atoms with Crippen LogP contribution >= 0.6 is 22.9 Å². The van der Waals surface area contributed by atoms with Crippen molar-refractivity contribution in [1.82, 2.24) is 20.4 Å². The zero-order chi connectivity index (χ0) is 23.8. The van der Waals surface area contributed by atoms with Crippen molar-refractivity contribution in [2.45, 2.75) is 62.6 Å². The summed E-state index contributed by atoms with van der Waals surface area (Å²) in [7, 11) is 0. The number of ether oxygens (including phenoxy) is 1. The number of hydrogen-bond acceptors (Lipinski definition) is 7. The first-order valence-electron chi connectivity index (χ1n) is 11.8. The number of carbonyl (C=O) groups is 3. The highest BCUT2D eigenvalue weighted by atomic mass is 35.5. The standard InChI is InChI=1S/C24H27ClN4O4S/c1-2-13-9-16(28-26-10-13)18-7-8-19(34-18)23(31)27-20(14-5-3-4-6-14)24(32)29-11-15(25)22-21(29)17(30)12-33-22/h7-10,14-15,20-22H,2-6,11-12H2,1H3,(H,27,31)/t15-,20-,21+,22+/m0/s1. The predicted octanol–water partition coefficient (Wildman–Crippen LogP) is 2.84. The summed E-state index contributed by atoms with van der Waals surface area (Å²) >= 11 is 7.72. The van der Waals surface area contributed by atoms with Crippen LogP contribution in [0.4, 0.5) is 0 Å². The zero-order valence-corrected chi connectivity index (χ0v) is 20.5. The fraction of sp³-hybridized carbons (Fsp3) is 0.542. The minimum atomic E-state index is -0.695. The van der Waals surface area contributed by atoms with Crippen LogP contribution in [-0.4, -0.2) is 69.4 Å². The number of carbonyl (C=O) groups excluding carboxylic acids is 3. The molecule has 2 aromatic heterocycles. The molecule has 0 aromatic carbocycles. The Morgan fingerprint density at radius 2 is 2.12 bits per heavy atom. The fourth-order valence-electron chi connectivity index (χ4n) is 5.21. The molecule has 180 valence electrons. The highest BCUT2D eigenvalue weighted by molar-refractivity contribution is 7.17. The molecule has 2 saturated heterocycles. The number of ketones is 1. The van der Waals surface area contributed by atoms with Crippen molar-refractivity contribution >= 4 is 40.5 Å². The van der Waals surface area contributed by atoms with E-state index in [0.717, 1.165) is 48.2 Å². The van der Waals surface area contributed by atoms with Gasteiger partial charge in [0.1, 0.15) is 30.5 Å². The number of hydrogen-bond donors (Lipinski definition) is 1. The average molecular weight is 503 g/mol. The molecule has 1 saturated carbocycles. The van der Waals surface area contributed by atoms with Crippen molar-refractivity contribution in [3.63, 3.8) is 0 Å². The Morgan fingerprint density at radius 3 is 2.88 bits per heavy atom. The highest BCUT2D eigenvalue weighted by Crippen LogP contribution is 2.35. The van der Waals surface area contributed by atoms with Gasteiger partial charge in [0.25, 0.3) is 5.91 Å². The van der Waals surface area contributed by atoms with Crippen LogP contribution in [0.1, 0.15) is 47.8 Å². The van der Waals surface area contributed by atoms with E-state index in [9.17, 15) is 14.4 Å². The number of likely N-dealkylation sites (tertiary alicyclic amines) is 1. The van der Waals surface area contributed by atoms with Gasteiger partial charge in [-0.25, -0.2) is 0 Å². The van der Waals surface area contributed by atoms with Gasteiger partial charge < -0.3 is 15.0 Å². The maximum atomic E-state index is 13.7. The van der Waals surface area contributed by atoms with E-state index in [1.54, 1.807) is 12.3 Å². The molecule has 2 amide bonds. The second kappa shape index (κ2) is 9.71. The van der Waals surface area contributed by atoms with E-state index in [4.69, 9.17) is 16.3 Å². The number of nitrogens with one attached hydrogen (secondary N) is 1. The lowest BCUT2D eigenvalue weighted by atomic mass is 9.96. The molecule has 3 aliphatic rings. The van der Waals surface area contributed by atoms with Crippen LogP contribution in [0, 0.1) is 5.92 Å². The van der Waals surface area contributed by atoms with Crippen LogP contribution in [-0.2, 0) is 20.7 Å². The van der Waals surface area contributed by atoms with Gasteiger partial charge in [-0.2, -0.15) is 5.10 Å². The Kier molecular flexibility index (Phi) is 6.68. The molecule has 5 rings (SSSR count). The SMILES string of the molecule is CCc1cnnc(-c2ccc(C(=O)N[C@H](C(=O)N3C[C@H](Cl)[C@H]4OCC(=O)[C@H]43)C3CCCC3)s2)c1. The molecule has 0 bridgehead atoms. The predicted molar refractivity (Wildman–Crippen MR) is 128 cm³/mol. The molecule has 4 atom stereocenters. The first-order valence-corrected chi connectivity index (χ1v) is 13.0. The first kappa shape index (κ1) is 23.4. The minimum absolute atomic E-state index is 0.0249. The number of aryl methyl sites for hydroxylation is 1. The molecule has 2 aliphatic heterocycles. The Hall–Kier alpha value is -2.36. The van der Waals surface area contributed by atoms with Gasteiger partial charge in [0.15, 0.2) is 5.78 Å². The van der Waals surface area contributed by atoms with Crippen molar-refractivity contribution < 1.29 is 19.1 Å². The number of rotatable bonds is 6. The number of fused-ring (bicyclic) bond motifs is 1. The molecule has 10 heteroatoms. The summed E-state index contributed by atoms with van der Waals surface area (Å²) in [6.45, 7) is 2.27. The van der Waals surface area contributed by atoms with Crippen molar-refractivity contribution in [1.29, 1.82) is 0 Å². The molecule has 0 radical (unpaired) electrons. The molecule has 3 fully saturated rings. The number of halogens is 1. The number of nitrogens with zero attached hydrogens (tertiary/aromatic N) is 3.